The molecule has 0 saturated heterocycles. The van der Waals surface area contributed by atoms with Gasteiger partial charge >= 0.3 is 5.97 Å². The predicted octanol–water partition coefficient (Wildman–Crippen LogP) is 4.85. The Bertz CT molecular complexity index is 1150. The third-order valence-electron chi connectivity index (χ3n) is 3.98. The van der Waals surface area contributed by atoms with Crippen LogP contribution in [0.1, 0.15) is 11.3 Å². The van der Waals surface area contributed by atoms with E-state index in [1.165, 1.54) is 12.1 Å². The first-order chi connectivity index (χ1) is 13.5. The van der Waals surface area contributed by atoms with Crippen LogP contribution in [-0.4, -0.2) is 16.8 Å². The molecule has 28 heavy (non-hydrogen) atoms. The molecule has 0 unspecified atom stereocenters. The van der Waals surface area contributed by atoms with E-state index in [0.29, 0.717) is 27.7 Å². The molecule has 0 bridgehead atoms. The molecule has 0 fully saturated rings. The molecule has 138 valence electrons. The highest BCUT2D eigenvalue weighted by Crippen LogP contribution is 2.31. The summed E-state index contributed by atoms with van der Waals surface area (Å²) in [6, 6.07) is 16.2. The normalized spacial score (nSPS) is 14.8. The minimum atomic E-state index is -0.617. The van der Waals surface area contributed by atoms with Gasteiger partial charge in [-0.3, -0.25) is 10.1 Å². The molecular weight excluding hydrogens is 384 g/mol. The number of furan rings is 1. The van der Waals surface area contributed by atoms with E-state index in [1.807, 2.05) is 0 Å². The number of esters is 1. The average molecular weight is 395 g/mol. The van der Waals surface area contributed by atoms with E-state index in [4.69, 9.17) is 20.8 Å². The highest BCUT2D eigenvalue weighted by molar-refractivity contribution is 6.30. The summed E-state index contributed by atoms with van der Waals surface area (Å²) < 4.78 is 10.8. The average Bonchev–Trinajstić information content (AvgIpc) is 3.30. The van der Waals surface area contributed by atoms with Crippen LogP contribution in [0.25, 0.3) is 17.4 Å². The van der Waals surface area contributed by atoms with Crippen LogP contribution in [0.5, 0.6) is 0 Å². The van der Waals surface area contributed by atoms with Gasteiger partial charge in [0.25, 0.3) is 5.69 Å². The number of nitrogens with zero attached hydrogens (tertiary/aromatic N) is 2. The van der Waals surface area contributed by atoms with Crippen LogP contribution in [0.15, 0.2) is 75.8 Å². The minimum Gasteiger partial charge on any atom is -0.456 e. The zero-order chi connectivity index (χ0) is 19.7. The van der Waals surface area contributed by atoms with Gasteiger partial charge in [0.15, 0.2) is 5.70 Å². The number of hydrogen-bond acceptors (Lipinski definition) is 6. The molecule has 1 aliphatic heterocycles. The Labute approximate surface area is 163 Å². The number of carbonyl (C=O) groups is 1. The van der Waals surface area contributed by atoms with Gasteiger partial charge in [-0.2, -0.15) is 0 Å². The van der Waals surface area contributed by atoms with E-state index in [9.17, 15) is 14.9 Å². The Kier molecular flexibility index (Phi) is 4.50. The largest absolute Gasteiger partial charge is 0.456 e. The number of carbonyl (C=O) groups excluding carboxylic acids is 1. The standard InChI is InChI=1S/C20H11ClN2O5/c21-13-7-5-12(6-8-13)19-22-16(20(24)28-19)11-14-9-10-18(27-14)15-3-1-2-4-17(15)23(25)26/h1-11H/b16-11+. The lowest BCUT2D eigenvalue weighted by Crippen LogP contribution is -2.05. The van der Waals surface area contributed by atoms with Gasteiger partial charge in [0.1, 0.15) is 11.5 Å². The first-order valence-electron chi connectivity index (χ1n) is 8.13. The van der Waals surface area contributed by atoms with Gasteiger partial charge in [-0.1, -0.05) is 23.7 Å². The van der Waals surface area contributed by atoms with Gasteiger partial charge in [0, 0.05) is 22.7 Å². The van der Waals surface area contributed by atoms with Crippen molar-refractivity contribution in [2.45, 2.75) is 0 Å². The van der Waals surface area contributed by atoms with Gasteiger partial charge in [-0.05, 0) is 42.5 Å². The van der Waals surface area contributed by atoms with Crippen LogP contribution in [0, 0.1) is 10.1 Å². The third kappa shape index (κ3) is 3.43. The molecule has 1 aliphatic rings. The van der Waals surface area contributed by atoms with Crippen molar-refractivity contribution in [1.82, 2.24) is 0 Å². The molecule has 2 aromatic carbocycles. The number of aliphatic imine (C=N–C) groups is 1. The summed E-state index contributed by atoms with van der Waals surface area (Å²) in [6.45, 7) is 0. The van der Waals surface area contributed by atoms with Crippen molar-refractivity contribution in [3.8, 4) is 11.3 Å². The van der Waals surface area contributed by atoms with Crippen molar-refractivity contribution in [1.29, 1.82) is 0 Å². The first-order valence-corrected chi connectivity index (χ1v) is 8.51. The number of rotatable bonds is 4. The summed E-state index contributed by atoms with van der Waals surface area (Å²) >= 11 is 5.85. The number of para-hydroxylation sites is 1. The summed E-state index contributed by atoms with van der Waals surface area (Å²) in [4.78, 5) is 27.0. The minimum absolute atomic E-state index is 0.0633. The molecular formula is C20H11ClN2O5. The van der Waals surface area contributed by atoms with Crippen molar-refractivity contribution in [3.05, 3.63) is 92.8 Å². The molecule has 0 amide bonds. The molecule has 0 aliphatic carbocycles. The van der Waals surface area contributed by atoms with Crippen molar-refractivity contribution < 1.29 is 18.9 Å². The molecule has 2 heterocycles. The van der Waals surface area contributed by atoms with Gasteiger partial charge in [-0.25, -0.2) is 9.79 Å². The first kappa shape index (κ1) is 17.7. The van der Waals surface area contributed by atoms with Gasteiger partial charge in [0.2, 0.25) is 5.90 Å². The van der Waals surface area contributed by atoms with Gasteiger partial charge in [-0.15, -0.1) is 0 Å². The summed E-state index contributed by atoms with van der Waals surface area (Å²) in [6.07, 6.45) is 1.42. The number of cyclic esters (lactones) is 1. The van der Waals surface area contributed by atoms with Crippen molar-refractivity contribution in [3.63, 3.8) is 0 Å². The fourth-order valence-electron chi connectivity index (χ4n) is 2.68. The number of halogens is 1. The van der Waals surface area contributed by atoms with E-state index >= 15 is 0 Å². The van der Waals surface area contributed by atoms with Crippen LogP contribution in [0.3, 0.4) is 0 Å². The zero-order valence-corrected chi connectivity index (χ0v) is 14.9. The Balaban J connectivity index is 1.65. The van der Waals surface area contributed by atoms with Crippen LogP contribution in [0.4, 0.5) is 5.69 Å². The van der Waals surface area contributed by atoms with Crippen molar-refractivity contribution >= 4 is 35.2 Å². The number of ether oxygens (including phenoxy) is 1. The maximum absolute atomic E-state index is 12.1. The fourth-order valence-corrected chi connectivity index (χ4v) is 2.80. The monoisotopic (exact) mass is 394 g/mol. The molecule has 7 nitrogen and oxygen atoms in total. The topological polar surface area (TPSA) is 94.9 Å². The molecule has 0 atom stereocenters. The fraction of sp³-hybridized carbons (Fsp3) is 0. The summed E-state index contributed by atoms with van der Waals surface area (Å²) in [5, 5.41) is 11.7. The van der Waals surface area contributed by atoms with Crippen LogP contribution >= 0.6 is 11.6 Å². The second-order valence-corrected chi connectivity index (χ2v) is 6.26. The maximum atomic E-state index is 12.1. The number of benzene rings is 2. The lowest BCUT2D eigenvalue weighted by atomic mass is 10.1. The second-order valence-electron chi connectivity index (χ2n) is 5.82. The predicted molar refractivity (Wildman–Crippen MR) is 103 cm³/mol. The van der Waals surface area contributed by atoms with E-state index < -0.39 is 10.9 Å². The lowest BCUT2D eigenvalue weighted by molar-refractivity contribution is -0.384. The highest BCUT2D eigenvalue weighted by atomic mass is 35.5. The van der Waals surface area contributed by atoms with E-state index in [0.717, 1.165) is 0 Å². The smallest absolute Gasteiger partial charge is 0.363 e. The molecule has 4 rings (SSSR count). The molecule has 0 saturated carbocycles. The zero-order valence-electron chi connectivity index (χ0n) is 14.2. The Morgan fingerprint density at radius 1 is 1.04 bits per heavy atom. The Morgan fingerprint density at radius 3 is 2.54 bits per heavy atom. The quantitative estimate of drug-likeness (QED) is 0.273. The number of hydrogen-bond donors (Lipinski definition) is 0. The maximum Gasteiger partial charge on any atom is 0.363 e. The van der Waals surface area contributed by atoms with E-state index in [2.05, 4.69) is 4.99 Å². The highest BCUT2D eigenvalue weighted by Gasteiger charge is 2.25. The molecule has 0 spiro atoms. The molecule has 3 aromatic rings. The molecule has 0 radical (unpaired) electrons. The van der Waals surface area contributed by atoms with E-state index in [-0.39, 0.29) is 17.3 Å². The molecule has 0 N–H and O–H groups in total. The second kappa shape index (κ2) is 7.13. The SMILES string of the molecule is O=C1OC(c2ccc(Cl)cc2)=N/C1=C/c1ccc(-c2ccccc2[N+](=O)[O-])o1. The van der Waals surface area contributed by atoms with Gasteiger partial charge in [0.05, 0.1) is 10.5 Å². The van der Waals surface area contributed by atoms with Gasteiger partial charge < -0.3 is 9.15 Å². The Hall–Kier alpha value is -3.71. The van der Waals surface area contributed by atoms with Crippen molar-refractivity contribution in [2.24, 2.45) is 4.99 Å². The molecule has 1 aromatic heterocycles. The number of nitro benzene ring substituents is 1. The summed E-state index contributed by atoms with van der Waals surface area (Å²) in [5.74, 6) is 0.181. The van der Waals surface area contributed by atoms with Crippen molar-refractivity contribution in [2.75, 3.05) is 0 Å². The third-order valence-corrected chi connectivity index (χ3v) is 4.24. The summed E-state index contributed by atoms with van der Waals surface area (Å²) in [7, 11) is 0. The van der Waals surface area contributed by atoms with Crippen LogP contribution < -0.4 is 0 Å². The van der Waals surface area contributed by atoms with E-state index in [1.54, 1.807) is 54.6 Å². The molecule has 8 heteroatoms. The Morgan fingerprint density at radius 2 is 1.79 bits per heavy atom. The van der Waals surface area contributed by atoms with Crippen LogP contribution in [-0.2, 0) is 9.53 Å². The van der Waals surface area contributed by atoms with Crippen LogP contribution in [0.2, 0.25) is 5.02 Å². The number of nitro groups is 1. The lowest BCUT2D eigenvalue weighted by Gasteiger charge is -1.98. The summed E-state index contributed by atoms with van der Waals surface area (Å²) in [5.41, 5.74) is 0.950.